The van der Waals surface area contributed by atoms with Gasteiger partial charge in [0.2, 0.25) is 0 Å². The molecule has 0 fully saturated rings. The predicted molar refractivity (Wildman–Crippen MR) is 41.5 cm³/mol. The zero-order chi connectivity index (χ0) is 8.27. The Kier molecular flexibility index (Phi) is 2.60. The highest BCUT2D eigenvalue weighted by atomic mass is 19.1. The summed E-state index contributed by atoms with van der Waals surface area (Å²) in [6, 6.07) is 6.24. The number of rotatable bonds is 2. The van der Waals surface area contributed by atoms with Crippen LogP contribution >= 0.6 is 0 Å². The Balaban J connectivity index is 2.86. The van der Waals surface area contributed by atoms with Gasteiger partial charge < -0.3 is 4.74 Å². The second-order valence-corrected chi connectivity index (χ2v) is 2.28. The Morgan fingerprint density at radius 3 is 2.82 bits per heavy atom. The first-order valence-corrected chi connectivity index (χ1v) is 3.35. The van der Waals surface area contributed by atoms with Crippen molar-refractivity contribution in [2.24, 2.45) is 0 Å². The molecule has 1 radical (unpaired) electrons. The second kappa shape index (κ2) is 3.49. The summed E-state index contributed by atoms with van der Waals surface area (Å²) in [7, 11) is 1.54. The van der Waals surface area contributed by atoms with Gasteiger partial charge in [-0.05, 0) is 24.6 Å². The molecule has 0 spiro atoms. The van der Waals surface area contributed by atoms with E-state index >= 15 is 0 Å². The van der Waals surface area contributed by atoms with Crippen LogP contribution in [-0.2, 0) is 4.74 Å². The van der Waals surface area contributed by atoms with E-state index in [4.69, 9.17) is 4.74 Å². The van der Waals surface area contributed by atoms with Crippen LogP contribution in [-0.4, -0.2) is 7.11 Å². The van der Waals surface area contributed by atoms with Crippen molar-refractivity contribution in [3.05, 3.63) is 42.6 Å². The number of methoxy groups -OCH3 is 1. The SMILES string of the molecule is [CH2]C(OC)c1cccc(F)c1. The van der Waals surface area contributed by atoms with Crippen molar-refractivity contribution in [1.82, 2.24) is 0 Å². The van der Waals surface area contributed by atoms with E-state index in [0.29, 0.717) is 0 Å². The molecule has 1 rings (SSSR count). The van der Waals surface area contributed by atoms with Crippen molar-refractivity contribution >= 4 is 0 Å². The molecule has 0 heterocycles. The van der Waals surface area contributed by atoms with E-state index < -0.39 is 0 Å². The zero-order valence-electron chi connectivity index (χ0n) is 6.38. The van der Waals surface area contributed by atoms with E-state index in [1.807, 2.05) is 0 Å². The quantitative estimate of drug-likeness (QED) is 0.633. The van der Waals surface area contributed by atoms with Gasteiger partial charge in [0.05, 0.1) is 6.10 Å². The molecule has 0 N–H and O–H groups in total. The van der Waals surface area contributed by atoms with E-state index in [0.717, 1.165) is 5.56 Å². The van der Waals surface area contributed by atoms with Gasteiger partial charge in [-0.1, -0.05) is 12.1 Å². The molecule has 1 aromatic rings. The fraction of sp³-hybridized carbons (Fsp3) is 0.222. The van der Waals surface area contributed by atoms with E-state index in [2.05, 4.69) is 6.92 Å². The minimum absolute atomic E-state index is 0.256. The van der Waals surface area contributed by atoms with E-state index in [1.165, 1.54) is 12.1 Å². The lowest BCUT2D eigenvalue weighted by Crippen LogP contribution is -1.95. The smallest absolute Gasteiger partial charge is 0.123 e. The standard InChI is InChI=1S/C9H10FO/c1-7(11-2)8-4-3-5-9(10)6-8/h3-7H,1H2,2H3. The van der Waals surface area contributed by atoms with Crippen LogP contribution in [0.25, 0.3) is 0 Å². The van der Waals surface area contributed by atoms with Crippen LogP contribution in [0.2, 0.25) is 0 Å². The summed E-state index contributed by atoms with van der Waals surface area (Å²) in [6.45, 7) is 3.68. The fourth-order valence-corrected chi connectivity index (χ4v) is 0.843. The molecular formula is C9H10FO. The summed E-state index contributed by atoms with van der Waals surface area (Å²) in [5, 5.41) is 0. The van der Waals surface area contributed by atoms with Gasteiger partial charge in [0, 0.05) is 7.11 Å². The normalized spacial score (nSPS) is 13.0. The third kappa shape index (κ3) is 2.02. The highest BCUT2D eigenvalue weighted by molar-refractivity contribution is 5.19. The molecule has 1 nitrogen and oxygen atoms in total. The molecule has 0 aliphatic rings. The van der Waals surface area contributed by atoms with E-state index in [9.17, 15) is 4.39 Å². The number of hydrogen-bond acceptors (Lipinski definition) is 1. The van der Waals surface area contributed by atoms with Gasteiger partial charge in [0.1, 0.15) is 5.82 Å². The lowest BCUT2D eigenvalue weighted by Gasteiger charge is -2.08. The molecule has 11 heavy (non-hydrogen) atoms. The number of hydrogen-bond donors (Lipinski definition) is 0. The Morgan fingerprint density at radius 1 is 1.55 bits per heavy atom. The Hall–Kier alpha value is -0.890. The van der Waals surface area contributed by atoms with Crippen LogP contribution in [0.15, 0.2) is 24.3 Å². The maximum Gasteiger partial charge on any atom is 0.123 e. The maximum absolute atomic E-state index is 12.6. The van der Waals surface area contributed by atoms with Gasteiger partial charge in [0.15, 0.2) is 0 Å². The monoisotopic (exact) mass is 153 g/mol. The van der Waals surface area contributed by atoms with Gasteiger partial charge in [0.25, 0.3) is 0 Å². The minimum atomic E-state index is -0.286. The molecule has 2 heteroatoms. The van der Waals surface area contributed by atoms with Gasteiger partial charge in [-0.3, -0.25) is 0 Å². The molecule has 0 bridgehead atoms. The average molecular weight is 153 g/mol. The van der Waals surface area contributed by atoms with Gasteiger partial charge in [-0.25, -0.2) is 4.39 Å². The average Bonchev–Trinajstić information content (AvgIpc) is 2.03. The fourth-order valence-electron chi connectivity index (χ4n) is 0.843. The summed E-state index contributed by atoms with van der Waals surface area (Å²) in [4.78, 5) is 0. The number of benzene rings is 1. The molecule has 0 aliphatic heterocycles. The van der Waals surface area contributed by atoms with Gasteiger partial charge in [-0.2, -0.15) is 0 Å². The van der Waals surface area contributed by atoms with Crippen molar-refractivity contribution in [1.29, 1.82) is 0 Å². The van der Waals surface area contributed by atoms with Crippen LogP contribution in [0.3, 0.4) is 0 Å². The zero-order valence-corrected chi connectivity index (χ0v) is 6.38. The largest absolute Gasteiger partial charge is 0.377 e. The van der Waals surface area contributed by atoms with Crippen LogP contribution in [0.1, 0.15) is 11.7 Å². The molecule has 0 saturated carbocycles. The van der Waals surface area contributed by atoms with Crippen LogP contribution in [0, 0.1) is 12.7 Å². The summed E-state index contributed by atoms with van der Waals surface area (Å²) in [5.41, 5.74) is 0.757. The van der Waals surface area contributed by atoms with E-state index in [-0.39, 0.29) is 11.9 Å². The number of ether oxygens (including phenoxy) is 1. The molecule has 1 atom stereocenters. The third-order valence-corrected chi connectivity index (χ3v) is 1.50. The Labute approximate surface area is 65.8 Å². The molecule has 0 aliphatic carbocycles. The molecular weight excluding hydrogens is 143 g/mol. The summed E-state index contributed by atoms with van der Waals surface area (Å²) < 4.78 is 17.5. The van der Waals surface area contributed by atoms with Gasteiger partial charge in [-0.15, -0.1) is 0 Å². The van der Waals surface area contributed by atoms with E-state index in [1.54, 1.807) is 19.2 Å². The maximum atomic E-state index is 12.6. The van der Waals surface area contributed by atoms with Crippen molar-refractivity contribution in [2.75, 3.05) is 7.11 Å². The summed E-state index contributed by atoms with van der Waals surface area (Å²) in [6.07, 6.45) is -0.286. The Bertz CT molecular complexity index is 235. The van der Waals surface area contributed by atoms with Crippen molar-refractivity contribution < 1.29 is 9.13 Å². The molecule has 1 unspecified atom stereocenters. The third-order valence-electron chi connectivity index (χ3n) is 1.50. The molecule has 0 saturated heterocycles. The first-order valence-electron chi connectivity index (χ1n) is 3.35. The molecule has 59 valence electrons. The summed E-state index contributed by atoms with van der Waals surface area (Å²) in [5.74, 6) is -0.256. The van der Waals surface area contributed by atoms with Crippen LogP contribution in [0.5, 0.6) is 0 Å². The molecule has 1 aromatic carbocycles. The topological polar surface area (TPSA) is 9.23 Å². The van der Waals surface area contributed by atoms with Crippen molar-refractivity contribution in [3.8, 4) is 0 Å². The first-order chi connectivity index (χ1) is 5.24. The summed E-state index contributed by atoms with van der Waals surface area (Å²) >= 11 is 0. The molecule has 0 amide bonds. The predicted octanol–water partition coefficient (Wildman–Crippen LogP) is 2.35. The van der Waals surface area contributed by atoms with Gasteiger partial charge >= 0.3 is 0 Å². The van der Waals surface area contributed by atoms with Crippen LogP contribution in [0.4, 0.5) is 4.39 Å². The van der Waals surface area contributed by atoms with Crippen molar-refractivity contribution in [2.45, 2.75) is 6.10 Å². The highest BCUT2D eigenvalue weighted by Crippen LogP contribution is 2.15. The minimum Gasteiger partial charge on any atom is -0.377 e. The molecule has 0 aromatic heterocycles. The number of halogens is 1. The second-order valence-electron chi connectivity index (χ2n) is 2.28. The van der Waals surface area contributed by atoms with Crippen LogP contribution < -0.4 is 0 Å². The Morgan fingerprint density at radius 2 is 2.27 bits per heavy atom. The lowest BCUT2D eigenvalue weighted by atomic mass is 10.1. The highest BCUT2D eigenvalue weighted by Gasteiger charge is 2.02. The van der Waals surface area contributed by atoms with Crippen molar-refractivity contribution in [3.63, 3.8) is 0 Å². The lowest BCUT2D eigenvalue weighted by molar-refractivity contribution is 0.140. The first kappa shape index (κ1) is 8.21.